The van der Waals surface area contributed by atoms with Gasteiger partial charge in [0.05, 0.1) is 21.7 Å². The number of primary sulfonamides is 1. The van der Waals surface area contributed by atoms with E-state index in [1.165, 1.54) is 12.1 Å². The fourth-order valence-electron chi connectivity index (χ4n) is 3.23. The van der Waals surface area contributed by atoms with E-state index in [0.29, 0.717) is 11.3 Å². The number of carbonyl (C=O) groups excluding carboxylic acids is 1. The highest BCUT2D eigenvalue weighted by Crippen LogP contribution is 2.26. The molecular formula is C23H18BrN3O3S. The predicted molar refractivity (Wildman–Crippen MR) is 124 cm³/mol. The lowest BCUT2D eigenvalue weighted by atomic mass is 10.0. The van der Waals surface area contributed by atoms with Crippen molar-refractivity contribution in [1.29, 1.82) is 0 Å². The maximum Gasteiger partial charge on any atom is 0.252 e. The summed E-state index contributed by atoms with van der Waals surface area (Å²) in [4.78, 5) is 17.8. The van der Waals surface area contributed by atoms with E-state index >= 15 is 0 Å². The number of nitrogens with zero attached hydrogens (tertiary/aromatic N) is 1. The van der Waals surface area contributed by atoms with Gasteiger partial charge in [-0.3, -0.25) is 4.79 Å². The molecule has 6 nitrogen and oxygen atoms in total. The van der Waals surface area contributed by atoms with Crippen molar-refractivity contribution >= 4 is 42.8 Å². The van der Waals surface area contributed by atoms with E-state index in [1.54, 1.807) is 18.2 Å². The van der Waals surface area contributed by atoms with Crippen molar-refractivity contribution in [3.05, 3.63) is 94.5 Å². The molecule has 4 aromatic rings. The molecule has 1 amide bonds. The highest BCUT2D eigenvalue weighted by atomic mass is 79.9. The molecule has 0 aliphatic heterocycles. The molecule has 31 heavy (non-hydrogen) atoms. The van der Waals surface area contributed by atoms with Crippen LogP contribution in [0.2, 0.25) is 0 Å². The van der Waals surface area contributed by atoms with Crippen LogP contribution in [0.25, 0.3) is 22.2 Å². The molecule has 0 spiro atoms. The minimum absolute atomic E-state index is 0.0290. The molecular weight excluding hydrogens is 478 g/mol. The fraction of sp³-hybridized carbons (Fsp3) is 0.0435. The second-order valence-corrected chi connectivity index (χ2v) is 9.43. The van der Waals surface area contributed by atoms with Crippen molar-refractivity contribution in [3.8, 4) is 11.3 Å². The molecule has 0 fully saturated rings. The molecule has 3 aromatic carbocycles. The summed E-state index contributed by atoms with van der Waals surface area (Å²) < 4.78 is 23.7. The van der Waals surface area contributed by atoms with Crippen molar-refractivity contribution in [2.75, 3.05) is 0 Å². The summed E-state index contributed by atoms with van der Waals surface area (Å²) in [5.41, 5.74) is 3.59. The van der Waals surface area contributed by atoms with Crippen LogP contribution < -0.4 is 10.5 Å². The lowest BCUT2D eigenvalue weighted by Crippen LogP contribution is -2.23. The van der Waals surface area contributed by atoms with Gasteiger partial charge in [-0.25, -0.2) is 18.5 Å². The number of rotatable bonds is 5. The van der Waals surface area contributed by atoms with Crippen molar-refractivity contribution in [2.24, 2.45) is 5.14 Å². The van der Waals surface area contributed by atoms with Crippen molar-refractivity contribution in [2.45, 2.75) is 11.4 Å². The van der Waals surface area contributed by atoms with Crippen LogP contribution in [0.3, 0.4) is 0 Å². The van der Waals surface area contributed by atoms with Crippen LogP contribution in [-0.2, 0) is 16.6 Å². The number of carbonyl (C=O) groups is 1. The van der Waals surface area contributed by atoms with Gasteiger partial charge in [0.15, 0.2) is 0 Å². The van der Waals surface area contributed by atoms with E-state index in [9.17, 15) is 13.2 Å². The summed E-state index contributed by atoms with van der Waals surface area (Å²) in [6.07, 6.45) is 0. The van der Waals surface area contributed by atoms with Crippen LogP contribution in [0.5, 0.6) is 0 Å². The van der Waals surface area contributed by atoms with Gasteiger partial charge >= 0.3 is 0 Å². The number of para-hydroxylation sites is 1. The molecule has 0 aliphatic rings. The maximum atomic E-state index is 13.0. The van der Waals surface area contributed by atoms with E-state index in [-0.39, 0.29) is 17.3 Å². The minimum atomic E-state index is -3.75. The van der Waals surface area contributed by atoms with E-state index in [0.717, 1.165) is 26.5 Å². The van der Waals surface area contributed by atoms with E-state index in [4.69, 9.17) is 10.1 Å². The van der Waals surface area contributed by atoms with Crippen LogP contribution in [0.4, 0.5) is 0 Å². The van der Waals surface area contributed by atoms with Gasteiger partial charge in [0, 0.05) is 22.0 Å². The third-order valence-electron chi connectivity index (χ3n) is 4.79. The van der Waals surface area contributed by atoms with Gasteiger partial charge in [-0.05, 0) is 42.0 Å². The molecule has 8 heteroatoms. The van der Waals surface area contributed by atoms with Gasteiger partial charge in [0.25, 0.3) is 5.91 Å². The number of nitrogens with two attached hydrogens (primary N) is 1. The normalized spacial score (nSPS) is 11.4. The first-order valence-electron chi connectivity index (χ1n) is 9.37. The largest absolute Gasteiger partial charge is 0.348 e. The van der Waals surface area contributed by atoms with Crippen LogP contribution in [0.15, 0.2) is 88.2 Å². The third-order valence-corrected chi connectivity index (χ3v) is 6.21. The highest BCUT2D eigenvalue weighted by molar-refractivity contribution is 9.10. The average molecular weight is 496 g/mol. The van der Waals surface area contributed by atoms with Crippen molar-refractivity contribution < 1.29 is 13.2 Å². The second kappa shape index (κ2) is 8.58. The van der Waals surface area contributed by atoms with Gasteiger partial charge in [-0.15, -0.1) is 0 Å². The molecule has 0 atom stereocenters. The van der Waals surface area contributed by atoms with E-state index in [1.807, 2.05) is 48.5 Å². The molecule has 4 rings (SSSR count). The predicted octanol–water partition coefficient (Wildman–Crippen LogP) is 4.24. The second-order valence-electron chi connectivity index (χ2n) is 6.95. The Kier molecular flexibility index (Phi) is 5.86. The molecule has 1 heterocycles. The number of pyridine rings is 1. The number of halogens is 1. The first-order valence-corrected chi connectivity index (χ1v) is 11.7. The van der Waals surface area contributed by atoms with Crippen molar-refractivity contribution in [1.82, 2.24) is 10.3 Å². The smallest absolute Gasteiger partial charge is 0.252 e. The number of benzene rings is 3. The van der Waals surface area contributed by atoms with Gasteiger partial charge in [0.2, 0.25) is 10.0 Å². The summed E-state index contributed by atoms with van der Waals surface area (Å²) in [6, 6.07) is 23.1. The highest BCUT2D eigenvalue weighted by Gasteiger charge is 2.14. The SMILES string of the molecule is NS(=O)(=O)c1ccc(CNC(=O)c2cc(-c3cccc(Br)c3)nc3ccccc23)cc1. The molecule has 0 radical (unpaired) electrons. The average Bonchev–Trinajstić information content (AvgIpc) is 2.76. The van der Waals surface area contributed by atoms with Gasteiger partial charge in [-0.1, -0.05) is 58.4 Å². The Balaban J connectivity index is 1.64. The van der Waals surface area contributed by atoms with Crippen LogP contribution in [-0.4, -0.2) is 19.3 Å². The molecule has 156 valence electrons. The number of amides is 1. The number of hydrogen-bond donors (Lipinski definition) is 2. The number of hydrogen-bond acceptors (Lipinski definition) is 4. The monoisotopic (exact) mass is 495 g/mol. The molecule has 1 aromatic heterocycles. The summed E-state index contributed by atoms with van der Waals surface area (Å²) in [7, 11) is -3.75. The summed E-state index contributed by atoms with van der Waals surface area (Å²) in [5, 5.41) is 8.77. The quantitative estimate of drug-likeness (QED) is 0.432. The number of aromatic nitrogens is 1. The topological polar surface area (TPSA) is 102 Å². The van der Waals surface area contributed by atoms with E-state index < -0.39 is 10.0 Å². The minimum Gasteiger partial charge on any atom is -0.348 e. The summed E-state index contributed by atoms with van der Waals surface area (Å²) in [5.74, 6) is -0.245. The van der Waals surface area contributed by atoms with Crippen LogP contribution >= 0.6 is 15.9 Å². The number of sulfonamides is 1. The molecule has 3 N–H and O–H groups in total. The zero-order valence-electron chi connectivity index (χ0n) is 16.2. The first kappa shape index (κ1) is 21.2. The zero-order chi connectivity index (χ0) is 22.0. The van der Waals surface area contributed by atoms with Crippen molar-refractivity contribution in [3.63, 3.8) is 0 Å². The summed E-state index contributed by atoms with van der Waals surface area (Å²) in [6.45, 7) is 0.243. The number of nitrogens with one attached hydrogen (secondary N) is 1. The Hall–Kier alpha value is -3.07. The Morgan fingerprint density at radius 3 is 2.42 bits per heavy atom. The Labute approximate surface area is 188 Å². The first-order chi connectivity index (χ1) is 14.8. The zero-order valence-corrected chi connectivity index (χ0v) is 18.7. The molecule has 0 saturated heterocycles. The lowest BCUT2D eigenvalue weighted by molar-refractivity contribution is 0.0952. The molecule has 0 unspecified atom stereocenters. The van der Waals surface area contributed by atoms with Gasteiger partial charge in [0.1, 0.15) is 0 Å². The van der Waals surface area contributed by atoms with Crippen LogP contribution in [0.1, 0.15) is 15.9 Å². The molecule has 0 saturated carbocycles. The Morgan fingerprint density at radius 1 is 0.968 bits per heavy atom. The number of fused-ring (bicyclic) bond motifs is 1. The standard InChI is InChI=1S/C23H18BrN3O3S/c24-17-5-3-4-16(12-17)22-13-20(19-6-1-2-7-21(19)27-22)23(28)26-14-15-8-10-18(11-9-15)31(25,29)30/h1-13H,14H2,(H,26,28)(H2,25,29,30). The molecule has 0 bridgehead atoms. The van der Waals surface area contributed by atoms with E-state index in [2.05, 4.69) is 21.2 Å². The summed E-state index contributed by atoms with van der Waals surface area (Å²) >= 11 is 3.47. The fourth-order valence-corrected chi connectivity index (χ4v) is 4.15. The lowest BCUT2D eigenvalue weighted by Gasteiger charge is -2.11. The Morgan fingerprint density at radius 2 is 1.71 bits per heavy atom. The van der Waals surface area contributed by atoms with Crippen LogP contribution in [0, 0.1) is 0 Å². The third kappa shape index (κ3) is 4.82. The van der Waals surface area contributed by atoms with Gasteiger partial charge in [-0.2, -0.15) is 0 Å². The Bertz CT molecular complexity index is 1390. The maximum absolute atomic E-state index is 13.0. The van der Waals surface area contributed by atoms with Gasteiger partial charge < -0.3 is 5.32 Å². The molecule has 0 aliphatic carbocycles.